The highest BCUT2D eigenvalue weighted by Crippen LogP contribution is 2.18. The Morgan fingerprint density at radius 1 is 1.14 bits per heavy atom. The van der Waals surface area contributed by atoms with Crippen LogP contribution in [0, 0.1) is 10.7 Å². The molecule has 6 nitrogen and oxygen atoms in total. The third-order valence-corrected chi connectivity index (χ3v) is 5.47. The monoisotopic (exact) mass is 413 g/mol. The van der Waals surface area contributed by atoms with E-state index in [1.165, 1.54) is 17.0 Å². The molecule has 0 atom stereocenters. The number of hydrogen-bond acceptors (Lipinski definition) is 5. The molecule has 0 bridgehead atoms. The van der Waals surface area contributed by atoms with Gasteiger partial charge in [-0.05, 0) is 67.7 Å². The van der Waals surface area contributed by atoms with Gasteiger partial charge in [-0.1, -0.05) is 0 Å². The zero-order chi connectivity index (χ0) is 20.4. The summed E-state index contributed by atoms with van der Waals surface area (Å²) >= 11 is 5.31. The summed E-state index contributed by atoms with van der Waals surface area (Å²) in [6.45, 7) is 5.90. The maximum atomic E-state index is 13.1. The molecule has 0 amide bonds. The summed E-state index contributed by atoms with van der Waals surface area (Å²) in [4.78, 5) is 15.4. The molecule has 4 rings (SSSR count). The smallest absolute Gasteiger partial charge is 0.292 e. The highest BCUT2D eigenvalue weighted by atomic mass is 32.1. The first-order valence-electron chi connectivity index (χ1n) is 9.53. The van der Waals surface area contributed by atoms with Crippen LogP contribution in [0.2, 0.25) is 0 Å². The lowest BCUT2D eigenvalue weighted by Gasteiger charge is -2.33. The van der Waals surface area contributed by atoms with Gasteiger partial charge in [0, 0.05) is 16.8 Å². The van der Waals surface area contributed by atoms with Gasteiger partial charge in [0.15, 0.2) is 12.5 Å². The topological polar surface area (TPSA) is 55.7 Å². The minimum absolute atomic E-state index is 0.0789. The summed E-state index contributed by atoms with van der Waals surface area (Å²) in [6.07, 6.45) is 0. The number of carbonyl (C=O) groups is 1. The number of halogens is 1. The third-order valence-electron chi connectivity index (χ3n) is 5.18. The molecular formula is C21H22FN4O2S+. The number of hydrogen-bond donors (Lipinski definition) is 1. The number of rotatable bonds is 5. The average Bonchev–Trinajstić information content (AvgIpc) is 3.09. The van der Waals surface area contributed by atoms with E-state index in [0.717, 1.165) is 37.4 Å². The Morgan fingerprint density at radius 2 is 1.79 bits per heavy atom. The number of nitrogens with one attached hydrogen (secondary N) is 1. The number of ketones is 1. The van der Waals surface area contributed by atoms with Crippen molar-refractivity contribution in [3.8, 4) is 11.5 Å². The van der Waals surface area contributed by atoms with Crippen LogP contribution in [0.15, 0.2) is 52.9 Å². The van der Waals surface area contributed by atoms with Gasteiger partial charge in [-0.15, -0.1) is 5.10 Å². The van der Waals surface area contributed by atoms with Gasteiger partial charge in [0.05, 0.1) is 26.2 Å². The molecule has 29 heavy (non-hydrogen) atoms. The zero-order valence-corrected chi connectivity index (χ0v) is 16.9. The minimum Gasteiger partial charge on any atom is -0.409 e. The Labute approximate surface area is 173 Å². The quantitative estimate of drug-likeness (QED) is 0.515. The second-order valence-electron chi connectivity index (χ2n) is 7.18. The van der Waals surface area contributed by atoms with E-state index < -0.39 is 0 Å². The number of nitrogens with zero attached hydrogens (tertiary/aromatic N) is 3. The first kappa shape index (κ1) is 19.5. The van der Waals surface area contributed by atoms with Crippen molar-refractivity contribution >= 4 is 23.7 Å². The number of carbonyl (C=O) groups excluding carboxylic acids is 1. The second-order valence-corrected chi connectivity index (χ2v) is 7.53. The van der Waals surface area contributed by atoms with Crippen LogP contribution in [0.25, 0.3) is 11.5 Å². The molecule has 2 aromatic carbocycles. The molecule has 150 valence electrons. The van der Waals surface area contributed by atoms with Crippen molar-refractivity contribution in [2.24, 2.45) is 0 Å². The second kappa shape index (κ2) is 8.26. The van der Waals surface area contributed by atoms with E-state index in [2.05, 4.69) is 10.00 Å². The van der Waals surface area contributed by atoms with Gasteiger partial charge in [0.1, 0.15) is 5.82 Å². The molecule has 3 aromatic rings. The Kier molecular flexibility index (Phi) is 5.55. The van der Waals surface area contributed by atoms with Crippen molar-refractivity contribution < 1.29 is 18.5 Å². The molecule has 1 aliphatic heterocycles. The summed E-state index contributed by atoms with van der Waals surface area (Å²) < 4.78 is 20.4. The van der Waals surface area contributed by atoms with Crippen LogP contribution in [-0.2, 0) is 6.67 Å². The lowest BCUT2D eigenvalue weighted by molar-refractivity contribution is -0.924. The molecule has 0 saturated carbocycles. The lowest BCUT2D eigenvalue weighted by Crippen LogP contribution is -3.14. The van der Waals surface area contributed by atoms with Crippen molar-refractivity contribution in [1.82, 2.24) is 9.78 Å². The van der Waals surface area contributed by atoms with E-state index in [0.29, 0.717) is 23.0 Å². The zero-order valence-electron chi connectivity index (χ0n) is 16.1. The van der Waals surface area contributed by atoms with Crippen LogP contribution in [0.5, 0.6) is 0 Å². The van der Waals surface area contributed by atoms with Gasteiger partial charge in [-0.3, -0.25) is 4.79 Å². The molecule has 1 aromatic heterocycles. The fourth-order valence-electron chi connectivity index (χ4n) is 3.47. The van der Waals surface area contributed by atoms with E-state index in [9.17, 15) is 9.18 Å². The number of aromatic nitrogens is 2. The number of piperazine rings is 1. The number of quaternary nitrogens is 1. The van der Waals surface area contributed by atoms with Gasteiger partial charge >= 0.3 is 0 Å². The molecule has 0 unspecified atom stereocenters. The SMILES string of the molecule is CC(=O)c1ccc(N2CC[NH+](Cn3nc(-c4ccc(F)cc4)oc3=S)CC2)cc1. The van der Waals surface area contributed by atoms with E-state index in [-0.39, 0.29) is 11.6 Å². The van der Waals surface area contributed by atoms with Crippen molar-refractivity contribution in [3.63, 3.8) is 0 Å². The largest absolute Gasteiger partial charge is 0.409 e. The lowest BCUT2D eigenvalue weighted by atomic mass is 10.1. The van der Waals surface area contributed by atoms with Gasteiger partial charge in [0.25, 0.3) is 4.84 Å². The van der Waals surface area contributed by atoms with E-state index in [4.69, 9.17) is 16.6 Å². The fraction of sp³-hybridized carbons (Fsp3) is 0.286. The molecule has 1 aliphatic rings. The number of benzene rings is 2. The third kappa shape index (κ3) is 4.44. The van der Waals surface area contributed by atoms with E-state index >= 15 is 0 Å². The predicted octanol–water partition coefficient (Wildman–Crippen LogP) is 2.58. The van der Waals surface area contributed by atoms with Gasteiger partial charge < -0.3 is 14.2 Å². The van der Waals surface area contributed by atoms with Crippen LogP contribution in [-0.4, -0.2) is 41.7 Å². The van der Waals surface area contributed by atoms with Crippen molar-refractivity contribution in [3.05, 3.63) is 64.7 Å². The van der Waals surface area contributed by atoms with Crippen molar-refractivity contribution in [2.45, 2.75) is 13.6 Å². The van der Waals surface area contributed by atoms with Crippen LogP contribution < -0.4 is 9.80 Å². The summed E-state index contributed by atoms with van der Waals surface area (Å²) in [5.41, 5.74) is 2.56. The predicted molar refractivity (Wildman–Crippen MR) is 110 cm³/mol. The maximum absolute atomic E-state index is 13.1. The Balaban J connectivity index is 1.38. The van der Waals surface area contributed by atoms with Crippen molar-refractivity contribution in [2.75, 3.05) is 31.1 Å². The van der Waals surface area contributed by atoms with E-state index in [1.54, 1.807) is 23.7 Å². The minimum atomic E-state index is -0.301. The average molecular weight is 413 g/mol. The Bertz CT molecular complexity index is 1050. The van der Waals surface area contributed by atoms with Gasteiger partial charge in [-0.2, -0.15) is 4.68 Å². The summed E-state index contributed by atoms with van der Waals surface area (Å²) in [5, 5.41) is 4.46. The summed E-state index contributed by atoms with van der Waals surface area (Å²) in [6, 6.07) is 13.8. The molecule has 1 saturated heterocycles. The molecule has 2 heterocycles. The standard InChI is InChI=1S/C21H21FN4O2S/c1-15(27)16-4-8-19(9-5-16)25-12-10-24(11-13-25)14-26-21(29)28-20(23-26)17-2-6-18(22)7-3-17/h2-9H,10-14H2,1H3/p+1. The maximum Gasteiger partial charge on any atom is 0.292 e. The molecule has 0 aliphatic carbocycles. The summed E-state index contributed by atoms with van der Waals surface area (Å²) in [7, 11) is 0. The molecular weight excluding hydrogens is 391 g/mol. The fourth-order valence-corrected chi connectivity index (χ4v) is 3.66. The molecule has 0 radical (unpaired) electrons. The first-order valence-corrected chi connectivity index (χ1v) is 9.94. The van der Waals surface area contributed by atoms with Gasteiger partial charge in [-0.25, -0.2) is 4.39 Å². The molecule has 0 spiro atoms. The molecule has 1 fully saturated rings. The van der Waals surface area contributed by atoms with E-state index in [1.807, 2.05) is 24.3 Å². The number of Topliss-reactive ketones (excluding diaryl/α,β-unsaturated/α-hetero) is 1. The normalized spacial score (nSPS) is 14.9. The number of anilines is 1. The summed E-state index contributed by atoms with van der Waals surface area (Å²) in [5.74, 6) is 0.179. The molecule has 1 N–H and O–H groups in total. The molecule has 8 heteroatoms. The van der Waals surface area contributed by atoms with Crippen LogP contribution in [0.1, 0.15) is 17.3 Å². The van der Waals surface area contributed by atoms with Crippen LogP contribution in [0.3, 0.4) is 0 Å². The Morgan fingerprint density at radius 3 is 2.41 bits per heavy atom. The first-order chi connectivity index (χ1) is 14.0. The van der Waals surface area contributed by atoms with Crippen LogP contribution in [0.4, 0.5) is 10.1 Å². The highest BCUT2D eigenvalue weighted by molar-refractivity contribution is 7.71. The van der Waals surface area contributed by atoms with Crippen molar-refractivity contribution in [1.29, 1.82) is 0 Å². The van der Waals surface area contributed by atoms with Crippen LogP contribution >= 0.6 is 12.2 Å². The highest BCUT2D eigenvalue weighted by Gasteiger charge is 2.22. The van der Waals surface area contributed by atoms with Gasteiger partial charge in [0.2, 0.25) is 5.89 Å². The Hall–Kier alpha value is -2.84.